The van der Waals surface area contributed by atoms with Gasteiger partial charge in [-0.2, -0.15) is 0 Å². The van der Waals surface area contributed by atoms with Crippen LogP contribution in [0.4, 0.5) is 0 Å². The summed E-state index contributed by atoms with van der Waals surface area (Å²) in [5.74, 6) is 0.297. The number of halogens is 2. The minimum absolute atomic E-state index is 0.167. The molecule has 1 unspecified atom stereocenters. The lowest BCUT2D eigenvalue weighted by atomic mass is 10.1. The van der Waals surface area contributed by atoms with Gasteiger partial charge < -0.3 is 4.90 Å². The Morgan fingerprint density at radius 1 is 1.00 bits per heavy atom. The molecule has 180 valence electrons. The van der Waals surface area contributed by atoms with Crippen molar-refractivity contribution in [3.05, 3.63) is 104 Å². The van der Waals surface area contributed by atoms with Gasteiger partial charge in [0.05, 0.1) is 32.7 Å². The summed E-state index contributed by atoms with van der Waals surface area (Å²) in [5, 5.41) is 1.23. The summed E-state index contributed by atoms with van der Waals surface area (Å²) in [6.07, 6.45) is 0.735. The number of carbonyl (C=O) groups excluding carboxylic acids is 1. The van der Waals surface area contributed by atoms with Crippen molar-refractivity contribution in [3.63, 3.8) is 0 Å². The first-order valence-electron chi connectivity index (χ1n) is 11.6. The number of para-hydroxylation sites is 1. The first-order chi connectivity index (χ1) is 16.7. The van der Waals surface area contributed by atoms with Gasteiger partial charge in [0.1, 0.15) is 5.82 Å². The van der Waals surface area contributed by atoms with Crippen molar-refractivity contribution in [1.29, 1.82) is 0 Å². The van der Waals surface area contributed by atoms with E-state index in [0.717, 1.165) is 23.2 Å². The van der Waals surface area contributed by atoms with Crippen molar-refractivity contribution in [1.82, 2.24) is 14.5 Å². The number of hydrogen-bond acceptors (Lipinski definition) is 3. The quantitative estimate of drug-likeness (QED) is 0.284. The van der Waals surface area contributed by atoms with Crippen molar-refractivity contribution in [2.75, 3.05) is 6.54 Å². The van der Waals surface area contributed by atoms with Gasteiger partial charge in [-0.05, 0) is 80.8 Å². The van der Waals surface area contributed by atoms with Gasteiger partial charge in [-0.15, -0.1) is 0 Å². The van der Waals surface area contributed by atoms with Crippen LogP contribution >= 0.6 is 23.2 Å². The van der Waals surface area contributed by atoms with Crippen molar-refractivity contribution < 1.29 is 4.79 Å². The number of hydrogen-bond donors (Lipinski definition) is 0. The summed E-state index contributed by atoms with van der Waals surface area (Å²) in [4.78, 5) is 34.0. The Morgan fingerprint density at radius 2 is 1.74 bits per heavy atom. The lowest BCUT2D eigenvalue weighted by Crippen LogP contribution is -2.38. The lowest BCUT2D eigenvalue weighted by molar-refractivity contribution is 0.0681. The van der Waals surface area contributed by atoms with Crippen LogP contribution in [0.1, 0.15) is 53.6 Å². The zero-order valence-corrected chi connectivity index (χ0v) is 21.7. The molecule has 3 aromatic carbocycles. The predicted octanol–water partition coefficient (Wildman–Crippen LogP) is 6.92. The van der Waals surface area contributed by atoms with Crippen LogP contribution < -0.4 is 5.56 Å². The van der Waals surface area contributed by atoms with Crippen LogP contribution in [0.5, 0.6) is 0 Å². The largest absolute Gasteiger partial charge is 0.329 e. The molecule has 0 N–H and O–H groups in total. The molecule has 0 aliphatic heterocycles. The third-order valence-corrected chi connectivity index (χ3v) is 7.02. The number of rotatable bonds is 6. The molecule has 1 heterocycles. The standard InChI is InChI=1S/C28H27Cl2N3O2/c1-5-14-32(27(34)20-11-13-23(29)24(30)16-20)19(4)26-31-25-9-7-6-8-22(25)28(35)33(26)21-12-10-17(2)18(3)15-21/h6-13,15-16,19H,5,14H2,1-4H3. The van der Waals surface area contributed by atoms with Crippen molar-refractivity contribution in [2.45, 2.75) is 40.2 Å². The summed E-state index contributed by atoms with van der Waals surface area (Å²) in [6, 6.07) is 17.5. The Bertz CT molecular complexity index is 1480. The van der Waals surface area contributed by atoms with Crippen molar-refractivity contribution in [2.24, 2.45) is 0 Å². The molecule has 0 aliphatic carbocycles. The molecule has 0 bridgehead atoms. The molecule has 5 nitrogen and oxygen atoms in total. The Labute approximate surface area is 214 Å². The van der Waals surface area contributed by atoms with E-state index in [1.165, 1.54) is 0 Å². The van der Waals surface area contributed by atoms with Crippen LogP contribution in [0.3, 0.4) is 0 Å². The molecule has 0 fully saturated rings. The van der Waals surface area contributed by atoms with Gasteiger partial charge in [-0.1, -0.05) is 48.3 Å². The van der Waals surface area contributed by atoms with Crippen LogP contribution in [-0.2, 0) is 0 Å². The number of aryl methyl sites for hydroxylation is 2. The van der Waals surface area contributed by atoms with E-state index < -0.39 is 6.04 Å². The highest BCUT2D eigenvalue weighted by Crippen LogP contribution is 2.28. The van der Waals surface area contributed by atoms with Crippen molar-refractivity contribution in [3.8, 4) is 5.69 Å². The summed E-state index contributed by atoms with van der Waals surface area (Å²) in [6.45, 7) is 8.43. The highest BCUT2D eigenvalue weighted by atomic mass is 35.5. The predicted molar refractivity (Wildman–Crippen MR) is 143 cm³/mol. The first-order valence-corrected chi connectivity index (χ1v) is 12.3. The Kier molecular flexibility index (Phi) is 7.29. The number of benzene rings is 3. The number of amides is 1. The lowest BCUT2D eigenvalue weighted by Gasteiger charge is -2.30. The molecule has 0 saturated carbocycles. The highest BCUT2D eigenvalue weighted by Gasteiger charge is 2.27. The number of fused-ring (bicyclic) bond motifs is 1. The molecule has 4 aromatic rings. The molecule has 4 rings (SSSR count). The molecule has 35 heavy (non-hydrogen) atoms. The van der Waals surface area contributed by atoms with Gasteiger partial charge in [-0.25, -0.2) is 4.98 Å². The minimum Gasteiger partial charge on any atom is -0.329 e. The van der Waals surface area contributed by atoms with E-state index >= 15 is 0 Å². The van der Waals surface area contributed by atoms with Gasteiger partial charge in [0.2, 0.25) is 0 Å². The Hall–Kier alpha value is -3.15. The van der Waals surface area contributed by atoms with Gasteiger partial charge in [-0.3, -0.25) is 14.2 Å². The number of aromatic nitrogens is 2. The second-order valence-corrected chi connectivity index (χ2v) is 9.51. The zero-order valence-electron chi connectivity index (χ0n) is 20.2. The first kappa shape index (κ1) is 25.0. The molecule has 0 spiro atoms. The van der Waals surface area contributed by atoms with Gasteiger partial charge in [0.15, 0.2) is 0 Å². The molecule has 1 amide bonds. The number of nitrogens with zero attached hydrogens (tertiary/aromatic N) is 3. The van der Waals surface area contributed by atoms with Gasteiger partial charge in [0, 0.05) is 12.1 Å². The van der Waals surface area contributed by atoms with Crippen molar-refractivity contribution >= 4 is 40.0 Å². The van der Waals surface area contributed by atoms with E-state index in [1.54, 1.807) is 33.7 Å². The smallest absolute Gasteiger partial charge is 0.266 e. The molecule has 0 radical (unpaired) electrons. The van der Waals surface area contributed by atoms with E-state index in [4.69, 9.17) is 28.2 Å². The fourth-order valence-corrected chi connectivity index (χ4v) is 4.49. The molecular weight excluding hydrogens is 481 g/mol. The fraction of sp³-hybridized carbons (Fsp3) is 0.250. The normalized spacial score (nSPS) is 12.1. The summed E-state index contributed by atoms with van der Waals surface area (Å²) >= 11 is 12.3. The molecule has 1 atom stereocenters. The molecule has 0 saturated heterocycles. The summed E-state index contributed by atoms with van der Waals surface area (Å²) in [5.41, 5.74) is 3.78. The zero-order chi connectivity index (χ0) is 25.3. The van der Waals surface area contributed by atoms with Gasteiger partial charge in [0.25, 0.3) is 11.5 Å². The average Bonchev–Trinajstić information content (AvgIpc) is 2.85. The minimum atomic E-state index is -0.490. The van der Waals surface area contributed by atoms with E-state index in [2.05, 4.69) is 0 Å². The SMILES string of the molecule is CCCN(C(=O)c1ccc(Cl)c(Cl)c1)C(C)c1nc2ccccc2c(=O)n1-c1ccc(C)c(C)c1. The molecule has 0 aliphatic rings. The second kappa shape index (κ2) is 10.2. The van der Waals surface area contributed by atoms with E-state index in [1.807, 2.05) is 64.1 Å². The summed E-state index contributed by atoms with van der Waals surface area (Å²) < 4.78 is 1.63. The summed E-state index contributed by atoms with van der Waals surface area (Å²) in [7, 11) is 0. The maximum atomic E-state index is 13.7. The third kappa shape index (κ3) is 4.84. The van der Waals surface area contributed by atoms with Gasteiger partial charge >= 0.3 is 0 Å². The van der Waals surface area contributed by atoms with E-state index in [0.29, 0.717) is 38.9 Å². The van der Waals surface area contributed by atoms with Crippen LogP contribution in [0, 0.1) is 13.8 Å². The highest BCUT2D eigenvalue weighted by molar-refractivity contribution is 6.42. The van der Waals surface area contributed by atoms with E-state index in [-0.39, 0.29) is 11.5 Å². The van der Waals surface area contributed by atoms with E-state index in [9.17, 15) is 9.59 Å². The average molecular weight is 508 g/mol. The molecule has 1 aromatic heterocycles. The Balaban J connectivity index is 1.91. The maximum absolute atomic E-state index is 13.7. The molecular formula is C28H27Cl2N3O2. The number of carbonyl (C=O) groups is 1. The maximum Gasteiger partial charge on any atom is 0.266 e. The third-order valence-electron chi connectivity index (χ3n) is 6.28. The second-order valence-electron chi connectivity index (χ2n) is 8.70. The monoisotopic (exact) mass is 507 g/mol. The van der Waals surface area contributed by atoms with Crippen LogP contribution in [0.15, 0.2) is 65.5 Å². The molecule has 7 heteroatoms. The Morgan fingerprint density at radius 3 is 2.43 bits per heavy atom. The topological polar surface area (TPSA) is 55.2 Å². The van der Waals surface area contributed by atoms with Crippen LogP contribution in [0.25, 0.3) is 16.6 Å². The fourth-order valence-electron chi connectivity index (χ4n) is 4.19. The van der Waals surface area contributed by atoms with Crippen LogP contribution in [0.2, 0.25) is 10.0 Å². The van der Waals surface area contributed by atoms with Crippen LogP contribution in [-0.4, -0.2) is 26.9 Å².